The normalized spacial score (nSPS) is 26.2. The van der Waals surface area contributed by atoms with E-state index in [1.807, 2.05) is 0 Å². The van der Waals surface area contributed by atoms with Crippen LogP contribution in [0.15, 0.2) is 17.3 Å². The Hall–Kier alpha value is -0.960. The van der Waals surface area contributed by atoms with E-state index in [1.165, 1.54) is 12.3 Å². The zero-order chi connectivity index (χ0) is 6.85. The third-order valence-corrected chi connectivity index (χ3v) is 1.18. The molecule has 3 nitrogen and oxygen atoms in total. The van der Waals surface area contributed by atoms with Crippen molar-refractivity contribution in [2.45, 2.75) is 13.0 Å². The molecule has 0 fully saturated rings. The van der Waals surface area contributed by atoms with E-state index in [9.17, 15) is 4.79 Å². The van der Waals surface area contributed by atoms with E-state index in [2.05, 4.69) is 4.99 Å². The maximum atomic E-state index is 10.6. The first kappa shape index (κ1) is 6.16. The summed E-state index contributed by atoms with van der Waals surface area (Å²) in [6.07, 6.45) is 1.65. The van der Waals surface area contributed by atoms with Crippen molar-refractivity contribution < 1.29 is 9.90 Å². The summed E-state index contributed by atoms with van der Waals surface area (Å²) >= 11 is 0. The Morgan fingerprint density at radius 1 is 1.78 bits per heavy atom. The first-order valence-corrected chi connectivity index (χ1v) is 2.64. The van der Waals surface area contributed by atoms with Gasteiger partial charge in [-0.05, 0) is 6.92 Å². The summed E-state index contributed by atoms with van der Waals surface area (Å²) in [5, 5.41) is 8.91. The molecule has 1 aliphatic heterocycles. The van der Waals surface area contributed by atoms with Crippen LogP contribution in [0.5, 0.6) is 0 Å². The van der Waals surface area contributed by atoms with Crippen LogP contribution in [0.4, 0.5) is 0 Å². The second-order valence-corrected chi connectivity index (χ2v) is 1.89. The molecule has 0 spiro atoms. The number of carbonyl (C=O) groups excluding carboxylic acids is 1. The molecule has 0 aliphatic carbocycles. The van der Waals surface area contributed by atoms with Gasteiger partial charge in [-0.2, -0.15) is 0 Å². The molecule has 1 heterocycles. The summed E-state index contributed by atoms with van der Waals surface area (Å²) in [4.78, 5) is 14.3. The number of hydrogen-bond donors (Lipinski definition) is 1. The van der Waals surface area contributed by atoms with Crippen LogP contribution in [0, 0.1) is 0 Å². The number of aliphatic hydroxyl groups excluding tert-OH is 1. The Balaban J connectivity index is 2.86. The summed E-state index contributed by atoms with van der Waals surface area (Å²) in [5.41, 5.74) is 0.461. The molecule has 1 atom stereocenters. The SMILES string of the molecule is CC1=NC=CC(=O)C1O. The van der Waals surface area contributed by atoms with Crippen molar-refractivity contribution in [3.05, 3.63) is 12.3 Å². The fourth-order valence-electron chi connectivity index (χ4n) is 0.596. The van der Waals surface area contributed by atoms with E-state index in [-0.39, 0.29) is 5.78 Å². The number of aliphatic imine (C=N–C) groups is 1. The minimum absolute atomic E-state index is 0.289. The van der Waals surface area contributed by atoms with Crippen molar-refractivity contribution in [1.29, 1.82) is 0 Å². The number of carbonyl (C=O) groups is 1. The van der Waals surface area contributed by atoms with Crippen molar-refractivity contribution in [2.75, 3.05) is 0 Å². The number of ketones is 1. The Morgan fingerprint density at radius 3 is 2.89 bits per heavy atom. The van der Waals surface area contributed by atoms with Crippen molar-refractivity contribution in [3.63, 3.8) is 0 Å². The minimum atomic E-state index is -1.00. The molecule has 1 rings (SSSR count). The minimum Gasteiger partial charge on any atom is -0.379 e. The summed E-state index contributed by atoms with van der Waals surface area (Å²) in [5.74, 6) is -0.289. The van der Waals surface area contributed by atoms with Crippen LogP contribution in [-0.4, -0.2) is 22.7 Å². The van der Waals surface area contributed by atoms with Gasteiger partial charge in [0.25, 0.3) is 0 Å². The predicted octanol–water partition coefficient (Wildman–Crippen LogP) is -0.0954. The van der Waals surface area contributed by atoms with Gasteiger partial charge in [0.05, 0.1) is 5.71 Å². The maximum absolute atomic E-state index is 10.6. The summed E-state index contributed by atoms with van der Waals surface area (Å²) < 4.78 is 0. The molecule has 0 aromatic rings. The highest BCUT2D eigenvalue weighted by molar-refractivity contribution is 6.12. The average Bonchev–Trinajstić information content (AvgIpc) is 1.83. The van der Waals surface area contributed by atoms with E-state index < -0.39 is 6.10 Å². The number of aliphatic hydroxyl groups is 1. The van der Waals surface area contributed by atoms with Crippen molar-refractivity contribution in [1.82, 2.24) is 0 Å². The maximum Gasteiger partial charge on any atom is 0.191 e. The van der Waals surface area contributed by atoms with Crippen LogP contribution >= 0.6 is 0 Å². The zero-order valence-electron chi connectivity index (χ0n) is 5.03. The molecule has 0 aromatic carbocycles. The van der Waals surface area contributed by atoms with Crippen LogP contribution < -0.4 is 0 Å². The molecule has 0 bridgehead atoms. The van der Waals surface area contributed by atoms with E-state index >= 15 is 0 Å². The van der Waals surface area contributed by atoms with Gasteiger partial charge in [0.2, 0.25) is 0 Å². The van der Waals surface area contributed by atoms with Crippen LogP contribution in [0.2, 0.25) is 0 Å². The first-order chi connectivity index (χ1) is 4.22. The molecule has 1 aliphatic rings. The molecule has 1 unspecified atom stereocenters. The van der Waals surface area contributed by atoms with Gasteiger partial charge in [-0.25, -0.2) is 0 Å². The lowest BCUT2D eigenvalue weighted by Gasteiger charge is -2.07. The molecule has 0 radical (unpaired) electrons. The van der Waals surface area contributed by atoms with Gasteiger partial charge in [-0.3, -0.25) is 9.79 Å². The fraction of sp³-hybridized carbons (Fsp3) is 0.333. The summed E-state index contributed by atoms with van der Waals surface area (Å²) in [6, 6.07) is 0. The third kappa shape index (κ3) is 1.05. The largest absolute Gasteiger partial charge is 0.379 e. The molecule has 0 amide bonds. The monoisotopic (exact) mass is 125 g/mol. The van der Waals surface area contributed by atoms with E-state index in [0.29, 0.717) is 5.71 Å². The van der Waals surface area contributed by atoms with Gasteiger partial charge >= 0.3 is 0 Å². The smallest absolute Gasteiger partial charge is 0.191 e. The van der Waals surface area contributed by atoms with Gasteiger partial charge in [0.15, 0.2) is 11.9 Å². The molecular weight excluding hydrogens is 118 g/mol. The molecule has 1 N–H and O–H groups in total. The molecule has 48 valence electrons. The second kappa shape index (κ2) is 2.11. The van der Waals surface area contributed by atoms with Gasteiger partial charge < -0.3 is 5.11 Å². The van der Waals surface area contributed by atoms with Crippen LogP contribution in [-0.2, 0) is 4.79 Å². The van der Waals surface area contributed by atoms with Crippen LogP contribution in [0.3, 0.4) is 0 Å². The summed E-state index contributed by atoms with van der Waals surface area (Å²) in [7, 11) is 0. The predicted molar refractivity (Wildman–Crippen MR) is 33.3 cm³/mol. The van der Waals surface area contributed by atoms with E-state index in [1.54, 1.807) is 6.92 Å². The van der Waals surface area contributed by atoms with Gasteiger partial charge in [-0.15, -0.1) is 0 Å². The van der Waals surface area contributed by atoms with Crippen molar-refractivity contribution in [2.24, 2.45) is 4.99 Å². The standard InChI is InChI=1S/C6H7NO2/c1-4-6(9)5(8)2-3-7-4/h2-3,6,9H,1H3. The Bertz CT molecular complexity index is 193. The van der Waals surface area contributed by atoms with E-state index in [0.717, 1.165) is 0 Å². The van der Waals surface area contributed by atoms with Crippen molar-refractivity contribution >= 4 is 11.5 Å². The number of nitrogens with zero attached hydrogens (tertiary/aromatic N) is 1. The zero-order valence-corrected chi connectivity index (χ0v) is 5.03. The highest BCUT2D eigenvalue weighted by Gasteiger charge is 2.16. The van der Waals surface area contributed by atoms with Gasteiger partial charge in [0.1, 0.15) is 0 Å². The second-order valence-electron chi connectivity index (χ2n) is 1.89. The summed E-state index contributed by atoms with van der Waals surface area (Å²) in [6.45, 7) is 1.62. The Kier molecular flexibility index (Phi) is 1.44. The topological polar surface area (TPSA) is 49.7 Å². The lowest BCUT2D eigenvalue weighted by molar-refractivity contribution is -0.119. The van der Waals surface area contributed by atoms with Crippen molar-refractivity contribution in [3.8, 4) is 0 Å². The van der Waals surface area contributed by atoms with E-state index in [4.69, 9.17) is 5.11 Å². The Morgan fingerprint density at radius 2 is 2.44 bits per heavy atom. The molecule has 9 heavy (non-hydrogen) atoms. The van der Waals surface area contributed by atoms with Crippen LogP contribution in [0.25, 0.3) is 0 Å². The van der Waals surface area contributed by atoms with Gasteiger partial charge in [-0.1, -0.05) is 0 Å². The third-order valence-electron chi connectivity index (χ3n) is 1.18. The molecule has 0 saturated carbocycles. The lowest BCUT2D eigenvalue weighted by Crippen LogP contribution is -2.28. The molecule has 0 aromatic heterocycles. The highest BCUT2D eigenvalue weighted by Crippen LogP contribution is 1.98. The average molecular weight is 125 g/mol. The molecule has 0 saturated heterocycles. The molecule has 3 heteroatoms. The first-order valence-electron chi connectivity index (χ1n) is 2.64. The lowest BCUT2D eigenvalue weighted by atomic mass is 10.1. The van der Waals surface area contributed by atoms with Crippen LogP contribution in [0.1, 0.15) is 6.92 Å². The Labute approximate surface area is 52.7 Å². The number of rotatable bonds is 0. The number of hydrogen-bond acceptors (Lipinski definition) is 3. The van der Waals surface area contributed by atoms with Gasteiger partial charge in [0, 0.05) is 12.3 Å². The molecular formula is C6H7NO2. The fourth-order valence-corrected chi connectivity index (χ4v) is 0.596. The quantitative estimate of drug-likeness (QED) is 0.491. The highest BCUT2D eigenvalue weighted by atomic mass is 16.3.